The molecule has 5 aromatic rings. The van der Waals surface area contributed by atoms with Gasteiger partial charge >= 0.3 is 0 Å². The van der Waals surface area contributed by atoms with Crippen LogP contribution in [0.3, 0.4) is 0 Å². The minimum atomic E-state index is 0.448. The first-order valence-electron chi connectivity index (χ1n) is 11.9. The first-order chi connectivity index (χ1) is 16.7. The molecule has 0 saturated heterocycles. The van der Waals surface area contributed by atoms with Gasteiger partial charge in [-0.15, -0.1) is 11.8 Å². The summed E-state index contributed by atoms with van der Waals surface area (Å²) in [5.74, 6) is 0.448. The fraction of sp³-hybridized carbons (Fsp3) is 0.125. The molecule has 0 N–H and O–H groups in total. The number of rotatable bonds is 2. The molecule has 2 atom stereocenters. The van der Waals surface area contributed by atoms with Crippen molar-refractivity contribution in [1.82, 2.24) is 4.57 Å². The van der Waals surface area contributed by atoms with Gasteiger partial charge in [-0.1, -0.05) is 71.8 Å². The quantitative estimate of drug-likeness (QED) is 0.258. The molecule has 2 unspecified atom stereocenters. The van der Waals surface area contributed by atoms with Crippen molar-refractivity contribution >= 4 is 39.1 Å². The van der Waals surface area contributed by atoms with Crippen LogP contribution in [0.15, 0.2) is 108 Å². The molecule has 34 heavy (non-hydrogen) atoms. The zero-order valence-electron chi connectivity index (χ0n) is 19.3. The Balaban J connectivity index is 1.41. The molecular formula is C32H25NS. The Labute approximate surface area is 204 Å². The molecule has 0 bridgehead atoms. The van der Waals surface area contributed by atoms with E-state index in [1.165, 1.54) is 60.2 Å². The van der Waals surface area contributed by atoms with Crippen molar-refractivity contribution in [2.75, 3.05) is 0 Å². The Morgan fingerprint density at radius 1 is 0.735 bits per heavy atom. The van der Waals surface area contributed by atoms with Crippen LogP contribution in [0.1, 0.15) is 28.2 Å². The van der Waals surface area contributed by atoms with Crippen molar-refractivity contribution in [2.45, 2.75) is 29.9 Å². The Hall–Kier alpha value is -3.49. The van der Waals surface area contributed by atoms with Crippen LogP contribution >= 0.6 is 11.8 Å². The lowest BCUT2D eigenvalue weighted by molar-refractivity contribution is 0.882. The third kappa shape index (κ3) is 3.02. The van der Waals surface area contributed by atoms with Gasteiger partial charge in [-0.25, -0.2) is 0 Å². The number of thioether (sulfide) groups is 1. The number of fused-ring (bicyclic) bond motifs is 6. The van der Waals surface area contributed by atoms with Crippen LogP contribution in [-0.2, 0) is 0 Å². The summed E-state index contributed by atoms with van der Waals surface area (Å²) in [6, 6.07) is 31.4. The highest BCUT2D eigenvalue weighted by molar-refractivity contribution is 8.00. The summed E-state index contributed by atoms with van der Waals surface area (Å²) in [4.78, 5) is 1.43. The average molecular weight is 456 g/mol. The maximum atomic E-state index is 2.49. The zero-order valence-corrected chi connectivity index (χ0v) is 20.1. The van der Waals surface area contributed by atoms with Crippen LogP contribution in [0.2, 0.25) is 0 Å². The maximum absolute atomic E-state index is 2.49. The summed E-state index contributed by atoms with van der Waals surface area (Å²) >= 11 is 2.00. The van der Waals surface area contributed by atoms with Crippen LogP contribution < -0.4 is 0 Å². The van der Waals surface area contributed by atoms with Crippen molar-refractivity contribution in [3.05, 3.63) is 125 Å². The first-order valence-corrected chi connectivity index (χ1v) is 12.8. The van der Waals surface area contributed by atoms with Gasteiger partial charge in [0.1, 0.15) is 0 Å². The van der Waals surface area contributed by atoms with Crippen molar-refractivity contribution < 1.29 is 0 Å². The van der Waals surface area contributed by atoms with Crippen molar-refractivity contribution in [1.29, 1.82) is 0 Å². The Morgan fingerprint density at radius 3 is 2.32 bits per heavy atom. The summed E-state index contributed by atoms with van der Waals surface area (Å²) in [5, 5.41) is 3.14. The second-order valence-corrected chi connectivity index (χ2v) is 10.8. The number of allylic oxidation sites excluding steroid dienone is 3. The van der Waals surface area contributed by atoms with E-state index in [9.17, 15) is 0 Å². The van der Waals surface area contributed by atoms with E-state index in [1.807, 2.05) is 11.8 Å². The predicted octanol–water partition coefficient (Wildman–Crippen LogP) is 8.61. The lowest BCUT2D eigenvalue weighted by Gasteiger charge is -2.19. The molecule has 0 spiro atoms. The van der Waals surface area contributed by atoms with Crippen LogP contribution in [0, 0.1) is 13.8 Å². The van der Waals surface area contributed by atoms with E-state index in [4.69, 9.17) is 0 Å². The van der Waals surface area contributed by atoms with E-state index in [0.29, 0.717) is 11.2 Å². The molecule has 0 radical (unpaired) electrons. The van der Waals surface area contributed by atoms with E-state index in [1.54, 1.807) is 0 Å². The number of nitrogens with zero attached hydrogens (tertiary/aromatic N) is 1. The van der Waals surface area contributed by atoms with Crippen LogP contribution in [0.5, 0.6) is 0 Å². The van der Waals surface area contributed by atoms with Gasteiger partial charge in [-0.05, 0) is 73.0 Å². The van der Waals surface area contributed by atoms with Gasteiger partial charge in [0, 0.05) is 32.5 Å². The third-order valence-electron chi connectivity index (χ3n) is 7.23. The molecule has 2 heteroatoms. The molecule has 0 amide bonds. The predicted molar refractivity (Wildman–Crippen MR) is 146 cm³/mol. The van der Waals surface area contributed by atoms with Crippen LogP contribution in [0.25, 0.3) is 33.1 Å². The molecule has 1 aliphatic heterocycles. The van der Waals surface area contributed by atoms with E-state index in [2.05, 4.69) is 122 Å². The van der Waals surface area contributed by atoms with Gasteiger partial charge in [0.25, 0.3) is 0 Å². The Morgan fingerprint density at radius 2 is 1.47 bits per heavy atom. The Kier molecular flexibility index (Phi) is 4.40. The van der Waals surface area contributed by atoms with Gasteiger partial charge in [0.2, 0.25) is 0 Å². The van der Waals surface area contributed by atoms with Gasteiger partial charge in [-0.2, -0.15) is 0 Å². The van der Waals surface area contributed by atoms with Gasteiger partial charge in [0.05, 0.1) is 11.0 Å². The van der Waals surface area contributed by atoms with E-state index in [-0.39, 0.29) is 0 Å². The van der Waals surface area contributed by atoms with Crippen LogP contribution in [0.4, 0.5) is 0 Å². The number of hydrogen-bond donors (Lipinski definition) is 0. The average Bonchev–Trinajstić information content (AvgIpc) is 3.38. The molecular weight excluding hydrogens is 430 g/mol. The van der Waals surface area contributed by atoms with Crippen molar-refractivity contribution in [3.8, 4) is 5.69 Å². The molecule has 0 saturated carbocycles. The fourth-order valence-electron chi connectivity index (χ4n) is 5.59. The molecule has 2 aliphatic rings. The normalized spacial score (nSPS) is 18.8. The van der Waals surface area contributed by atoms with Gasteiger partial charge in [-0.3, -0.25) is 0 Å². The number of benzene rings is 4. The first kappa shape index (κ1) is 19.9. The summed E-state index contributed by atoms with van der Waals surface area (Å²) in [5.41, 5.74) is 10.4. The Bertz CT molecular complexity index is 1650. The maximum Gasteiger partial charge on any atom is 0.0541 e. The highest BCUT2D eigenvalue weighted by Gasteiger charge is 2.32. The summed E-state index contributed by atoms with van der Waals surface area (Å²) in [6.45, 7) is 4.37. The lowest BCUT2D eigenvalue weighted by Crippen LogP contribution is -2.09. The highest BCUT2D eigenvalue weighted by Crippen LogP contribution is 2.50. The van der Waals surface area contributed by atoms with E-state index >= 15 is 0 Å². The minimum absolute atomic E-state index is 0.448. The smallest absolute Gasteiger partial charge is 0.0541 e. The molecule has 164 valence electrons. The molecule has 4 aromatic carbocycles. The second-order valence-electron chi connectivity index (χ2n) is 9.55. The van der Waals surface area contributed by atoms with Crippen molar-refractivity contribution in [3.63, 3.8) is 0 Å². The van der Waals surface area contributed by atoms with Crippen molar-refractivity contribution in [2.24, 2.45) is 0 Å². The summed E-state index contributed by atoms with van der Waals surface area (Å²) in [7, 11) is 0. The SMILES string of the molecule is Cc1ccc2c(c1)C1C=C(c3ccc4c(c3)c3cc(C)ccc3n4-c3ccccc3)C=CC1S2. The number of aryl methyl sites for hydroxylation is 2. The van der Waals surface area contributed by atoms with E-state index < -0.39 is 0 Å². The second kappa shape index (κ2) is 7.51. The number of hydrogen-bond acceptors (Lipinski definition) is 1. The van der Waals surface area contributed by atoms with Gasteiger partial charge in [0.15, 0.2) is 0 Å². The lowest BCUT2D eigenvalue weighted by atomic mass is 9.86. The topological polar surface area (TPSA) is 4.93 Å². The highest BCUT2D eigenvalue weighted by atomic mass is 32.2. The molecule has 1 nitrogen and oxygen atoms in total. The largest absolute Gasteiger partial charge is 0.309 e. The number of aromatic nitrogens is 1. The third-order valence-corrected chi connectivity index (χ3v) is 8.58. The fourth-order valence-corrected chi connectivity index (χ4v) is 6.89. The standard InChI is InChI=1S/C32H25NS/c1-20-8-12-29-25(16-20)26-18-22(10-13-30(26)33(29)24-6-4-3-5-7-24)23-11-15-32-28(19-23)27-17-21(2)9-14-31(27)34-32/h3-19,28,32H,1-2H3. The van der Waals surface area contributed by atoms with Gasteiger partial charge < -0.3 is 4.57 Å². The molecule has 1 aromatic heterocycles. The molecule has 0 fully saturated rings. The van der Waals surface area contributed by atoms with E-state index in [0.717, 1.165) is 0 Å². The molecule has 7 rings (SSSR count). The molecule has 2 heterocycles. The summed E-state index contributed by atoms with van der Waals surface area (Å²) < 4.78 is 2.39. The zero-order chi connectivity index (χ0) is 22.8. The molecule has 1 aliphatic carbocycles. The minimum Gasteiger partial charge on any atom is -0.309 e. The van der Waals surface area contributed by atoms with Crippen LogP contribution in [-0.4, -0.2) is 9.82 Å². The summed E-state index contributed by atoms with van der Waals surface area (Å²) in [6.07, 6.45) is 7.23. The monoisotopic (exact) mass is 455 g/mol. The number of para-hydroxylation sites is 1.